The first kappa shape index (κ1) is 49.8. The van der Waals surface area contributed by atoms with Crippen LogP contribution in [-0.2, 0) is 4.79 Å². The smallest absolute Gasteiger partial charge is 0.222 e. The molecule has 0 aliphatic heterocycles. The van der Waals surface area contributed by atoms with Gasteiger partial charge in [-0.2, -0.15) is 0 Å². The topological polar surface area (TPSA) is 89.8 Å². The molecular weight excluding hydrogens is 631 g/mol. The van der Waals surface area contributed by atoms with Gasteiger partial charge in [-0.1, -0.05) is 212 Å². The van der Waals surface area contributed by atoms with Gasteiger partial charge in [0, 0.05) is 0 Å². The number of allylic oxidation sites excluding steroid dienone is 3. The fraction of sp³-hybridized carbons (Fsp3) is 0.891. The molecule has 0 aromatic carbocycles. The van der Waals surface area contributed by atoms with Crippen molar-refractivity contribution in [1.29, 1.82) is 0 Å². The minimum Gasteiger partial charge on any atom is -0.394 e. The third-order valence-corrected chi connectivity index (χ3v) is 10.5. The van der Waals surface area contributed by atoms with Crippen LogP contribution in [0.2, 0.25) is 0 Å². The zero-order valence-electron chi connectivity index (χ0n) is 34.2. The zero-order chi connectivity index (χ0) is 37.3. The van der Waals surface area contributed by atoms with Crippen LogP contribution in [0.15, 0.2) is 24.3 Å². The molecule has 1 amide bonds. The molecule has 51 heavy (non-hydrogen) atoms. The van der Waals surface area contributed by atoms with Gasteiger partial charge in [0.25, 0.3) is 0 Å². The molecule has 3 unspecified atom stereocenters. The summed E-state index contributed by atoms with van der Waals surface area (Å²) in [5.41, 5.74) is 0. The van der Waals surface area contributed by atoms with Crippen LogP contribution >= 0.6 is 0 Å². The van der Waals surface area contributed by atoms with Crippen LogP contribution in [0.25, 0.3) is 0 Å². The maximum Gasteiger partial charge on any atom is 0.222 e. The number of aliphatic hydroxyl groups is 3. The molecule has 5 heteroatoms. The van der Waals surface area contributed by atoms with Crippen molar-refractivity contribution in [3.8, 4) is 0 Å². The van der Waals surface area contributed by atoms with Crippen molar-refractivity contribution in [2.75, 3.05) is 6.61 Å². The Labute approximate surface area is 318 Å². The first-order valence-electron chi connectivity index (χ1n) is 22.6. The van der Waals surface area contributed by atoms with Crippen LogP contribution in [0.1, 0.15) is 239 Å². The highest BCUT2D eigenvalue weighted by Crippen LogP contribution is 2.16. The Hall–Kier alpha value is -1.17. The van der Waals surface area contributed by atoms with Gasteiger partial charge in [-0.15, -0.1) is 0 Å². The van der Waals surface area contributed by atoms with E-state index in [4.69, 9.17) is 0 Å². The van der Waals surface area contributed by atoms with Gasteiger partial charge in [-0.25, -0.2) is 0 Å². The number of aliphatic hydroxyl groups excluding tert-OH is 3. The Balaban J connectivity index is 3.67. The second-order valence-corrected chi connectivity index (χ2v) is 15.7. The van der Waals surface area contributed by atoms with Crippen molar-refractivity contribution in [3.63, 3.8) is 0 Å². The summed E-state index contributed by atoms with van der Waals surface area (Å²) in [5, 5.41) is 33.2. The van der Waals surface area contributed by atoms with E-state index < -0.39 is 18.2 Å². The molecule has 0 aliphatic carbocycles. The minimum absolute atomic E-state index is 0.00485. The second kappa shape index (κ2) is 41.6. The fourth-order valence-corrected chi connectivity index (χ4v) is 6.98. The lowest BCUT2D eigenvalue weighted by Gasteiger charge is -2.21. The SMILES string of the molecule is CCCCCCCCCCC/C=C\CCCCCC(O)CC(=O)NC(CO)C(O)/C=C/CCCCCCCCCCCCCCCCCCCC. The van der Waals surface area contributed by atoms with E-state index in [2.05, 4.69) is 31.3 Å². The Morgan fingerprint density at radius 3 is 1.20 bits per heavy atom. The van der Waals surface area contributed by atoms with Gasteiger partial charge in [-0.3, -0.25) is 4.79 Å². The molecule has 0 bridgehead atoms. The predicted octanol–water partition coefficient (Wildman–Crippen LogP) is 13.0. The number of nitrogens with one attached hydrogen (secondary N) is 1. The molecule has 0 saturated carbocycles. The standard InChI is InChI=1S/C46H89NO4/c1-3-5-7-9-11-13-15-17-19-21-22-23-24-26-28-30-32-34-36-38-40-45(50)44(42-48)47-46(51)41-43(49)39-37-35-33-31-29-27-25-20-18-16-14-12-10-8-6-4-2/h27,29,38,40,43-45,48-50H,3-26,28,30-37,39,41-42H2,1-2H3,(H,47,51)/b29-27-,40-38+. The summed E-state index contributed by atoms with van der Waals surface area (Å²) in [4.78, 5) is 12.4. The number of rotatable bonds is 41. The second-order valence-electron chi connectivity index (χ2n) is 15.7. The number of amides is 1. The average molecular weight is 720 g/mol. The Morgan fingerprint density at radius 1 is 0.490 bits per heavy atom. The molecule has 0 aromatic rings. The first-order valence-corrected chi connectivity index (χ1v) is 22.6. The summed E-state index contributed by atoms with van der Waals surface area (Å²) in [6.07, 6.45) is 50.3. The van der Waals surface area contributed by atoms with Crippen molar-refractivity contribution in [2.45, 2.75) is 257 Å². The molecule has 0 saturated heterocycles. The zero-order valence-corrected chi connectivity index (χ0v) is 34.2. The van der Waals surface area contributed by atoms with Gasteiger partial charge < -0.3 is 20.6 Å². The first-order chi connectivity index (χ1) is 25.0. The predicted molar refractivity (Wildman–Crippen MR) is 222 cm³/mol. The van der Waals surface area contributed by atoms with E-state index in [1.807, 2.05) is 6.08 Å². The Kier molecular flexibility index (Phi) is 40.6. The lowest BCUT2D eigenvalue weighted by atomic mass is 10.0. The van der Waals surface area contributed by atoms with E-state index in [1.54, 1.807) is 6.08 Å². The van der Waals surface area contributed by atoms with Crippen LogP contribution in [0.4, 0.5) is 0 Å². The summed E-state index contributed by atoms with van der Waals surface area (Å²) < 4.78 is 0. The average Bonchev–Trinajstić information content (AvgIpc) is 3.12. The van der Waals surface area contributed by atoms with E-state index in [0.29, 0.717) is 6.42 Å². The molecule has 0 radical (unpaired) electrons. The molecule has 0 spiro atoms. The quantitative estimate of drug-likeness (QED) is 0.0374. The van der Waals surface area contributed by atoms with Crippen LogP contribution < -0.4 is 5.32 Å². The molecule has 0 rings (SSSR count). The van der Waals surface area contributed by atoms with Crippen LogP contribution in [0.5, 0.6) is 0 Å². The lowest BCUT2D eigenvalue weighted by Crippen LogP contribution is -2.45. The summed E-state index contributed by atoms with van der Waals surface area (Å²) in [5.74, 6) is -0.322. The highest BCUT2D eigenvalue weighted by Gasteiger charge is 2.20. The molecule has 3 atom stereocenters. The number of hydrogen-bond donors (Lipinski definition) is 4. The van der Waals surface area contributed by atoms with Gasteiger partial charge in [0.05, 0.1) is 31.3 Å². The molecule has 5 nitrogen and oxygen atoms in total. The van der Waals surface area contributed by atoms with Crippen LogP contribution in [-0.4, -0.2) is 46.1 Å². The number of carbonyl (C=O) groups excluding carboxylic acids is 1. The van der Waals surface area contributed by atoms with E-state index in [-0.39, 0.29) is 18.9 Å². The van der Waals surface area contributed by atoms with E-state index >= 15 is 0 Å². The number of hydrogen-bond acceptors (Lipinski definition) is 4. The van der Waals surface area contributed by atoms with Crippen molar-refractivity contribution in [2.24, 2.45) is 0 Å². The maximum atomic E-state index is 12.4. The summed E-state index contributed by atoms with van der Waals surface area (Å²) in [6.45, 7) is 4.22. The van der Waals surface area contributed by atoms with E-state index in [1.165, 1.54) is 173 Å². The molecule has 4 N–H and O–H groups in total. The van der Waals surface area contributed by atoms with E-state index in [9.17, 15) is 20.1 Å². The van der Waals surface area contributed by atoms with Crippen LogP contribution in [0.3, 0.4) is 0 Å². The summed E-state index contributed by atoms with van der Waals surface area (Å²) >= 11 is 0. The van der Waals surface area contributed by atoms with Crippen molar-refractivity contribution in [1.82, 2.24) is 5.32 Å². The van der Waals surface area contributed by atoms with Crippen LogP contribution in [0, 0.1) is 0 Å². The van der Waals surface area contributed by atoms with Gasteiger partial charge in [0.15, 0.2) is 0 Å². The highest BCUT2D eigenvalue weighted by molar-refractivity contribution is 5.76. The molecule has 0 fully saturated rings. The Bertz CT molecular complexity index is 754. The van der Waals surface area contributed by atoms with Gasteiger partial charge in [0.2, 0.25) is 5.91 Å². The third kappa shape index (κ3) is 38.4. The largest absolute Gasteiger partial charge is 0.394 e. The molecule has 0 aliphatic rings. The number of carbonyl (C=O) groups is 1. The number of unbranched alkanes of at least 4 members (excludes halogenated alkanes) is 30. The Morgan fingerprint density at radius 2 is 0.824 bits per heavy atom. The monoisotopic (exact) mass is 720 g/mol. The van der Waals surface area contributed by atoms with Crippen molar-refractivity contribution < 1.29 is 20.1 Å². The third-order valence-electron chi connectivity index (χ3n) is 10.5. The highest BCUT2D eigenvalue weighted by atomic mass is 16.3. The lowest BCUT2D eigenvalue weighted by molar-refractivity contribution is -0.124. The summed E-state index contributed by atoms with van der Waals surface area (Å²) in [7, 11) is 0. The molecule has 302 valence electrons. The van der Waals surface area contributed by atoms with Crippen molar-refractivity contribution >= 4 is 5.91 Å². The van der Waals surface area contributed by atoms with Gasteiger partial charge in [0.1, 0.15) is 0 Å². The normalized spacial score (nSPS) is 13.7. The maximum absolute atomic E-state index is 12.4. The summed E-state index contributed by atoms with van der Waals surface area (Å²) in [6, 6.07) is -0.747. The minimum atomic E-state index is -0.931. The molecule has 0 aromatic heterocycles. The van der Waals surface area contributed by atoms with Gasteiger partial charge in [-0.05, 0) is 44.9 Å². The van der Waals surface area contributed by atoms with Crippen molar-refractivity contribution in [3.05, 3.63) is 24.3 Å². The molecule has 0 heterocycles. The molecular formula is C46H89NO4. The fourth-order valence-electron chi connectivity index (χ4n) is 6.98. The van der Waals surface area contributed by atoms with Gasteiger partial charge >= 0.3 is 0 Å². The van der Waals surface area contributed by atoms with E-state index in [0.717, 1.165) is 38.5 Å².